The molecule has 126 valence electrons. The highest BCUT2D eigenvalue weighted by Crippen LogP contribution is 2.25. The molecule has 25 heavy (non-hydrogen) atoms. The molecule has 0 saturated carbocycles. The van der Waals surface area contributed by atoms with Crippen LogP contribution in [-0.2, 0) is 6.54 Å². The summed E-state index contributed by atoms with van der Waals surface area (Å²) in [6.07, 6.45) is 1.51. The molecule has 0 aliphatic heterocycles. The third-order valence-corrected chi connectivity index (χ3v) is 4.08. The molecule has 0 bridgehead atoms. The van der Waals surface area contributed by atoms with Gasteiger partial charge in [-0.1, -0.05) is 53.5 Å². The second-order valence-electron chi connectivity index (χ2n) is 5.35. The van der Waals surface area contributed by atoms with Crippen molar-refractivity contribution in [2.75, 3.05) is 10.6 Å². The number of nitrogens with zero attached hydrogens (tertiary/aromatic N) is 1. The number of amides is 1. The number of rotatable bonds is 5. The number of nitrogens with one attached hydrogen (secondary N) is 2. The van der Waals surface area contributed by atoms with Gasteiger partial charge in [0.15, 0.2) is 0 Å². The van der Waals surface area contributed by atoms with E-state index in [1.807, 2.05) is 30.3 Å². The molecule has 0 spiro atoms. The Bertz CT molecular complexity index is 868. The zero-order valence-corrected chi connectivity index (χ0v) is 14.7. The van der Waals surface area contributed by atoms with Gasteiger partial charge in [0.1, 0.15) is 5.82 Å². The Hall–Kier alpha value is -2.56. The van der Waals surface area contributed by atoms with Crippen LogP contribution >= 0.6 is 23.2 Å². The van der Waals surface area contributed by atoms with Crippen molar-refractivity contribution in [1.29, 1.82) is 0 Å². The fourth-order valence-electron chi connectivity index (χ4n) is 2.21. The molecule has 1 aromatic heterocycles. The van der Waals surface area contributed by atoms with Crippen molar-refractivity contribution < 1.29 is 4.79 Å². The summed E-state index contributed by atoms with van der Waals surface area (Å²) in [5.41, 5.74) is 2.05. The molecule has 0 radical (unpaired) electrons. The quantitative estimate of drug-likeness (QED) is 0.643. The first kappa shape index (κ1) is 17.3. The molecule has 6 heteroatoms. The number of aromatic nitrogens is 1. The Morgan fingerprint density at radius 2 is 1.80 bits per heavy atom. The Morgan fingerprint density at radius 3 is 2.52 bits per heavy atom. The monoisotopic (exact) mass is 371 g/mol. The van der Waals surface area contributed by atoms with Crippen LogP contribution in [0.25, 0.3) is 0 Å². The maximum Gasteiger partial charge on any atom is 0.257 e. The molecule has 3 rings (SSSR count). The normalized spacial score (nSPS) is 10.3. The van der Waals surface area contributed by atoms with Crippen molar-refractivity contribution in [3.05, 3.63) is 88.0 Å². The number of carbonyl (C=O) groups excluding carboxylic acids is 1. The molecule has 3 aromatic rings. The molecule has 2 aromatic carbocycles. The molecule has 0 aliphatic carbocycles. The van der Waals surface area contributed by atoms with Crippen LogP contribution in [0.5, 0.6) is 0 Å². The summed E-state index contributed by atoms with van der Waals surface area (Å²) in [4.78, 5) is 16.6. The van der Waals surface area contributed by atoms with Crippen LogP contribution in [0.3, 0.4) is 0 Å². The van der Waals surface area contributed by atoms with E-state index in [1.165, 1.54) is 6.20 Å². The highest BCUT2D eigenvalue weighted by atomic mass is 35.5. The van der Waals surface area contributed by atoms with E-state index in [0.717, 1.165) is 5.56 Å². The van der Waals surface area contributed by atoms with Crippen LogP contribution in [0.15, 0.2) is 66.9 Å². The Morgan fingerprint density at radius 1 is 1.00 bits per heavy atom. The van der Waals surface area contributed by atoms with Gasteiger partial charge in [-0.05, 0) is 35.9 Å². The topological polar surface area (TPSA) is 54.0 Å². The van der Waals surface area contributed by atoms with Gasteiger partial charge < -0.3 is 10.6 Å². The van der Waals surface area contributed by atoms with Gasteiger partial charge >= 0.3 is 0 Å². The van der Waals surface area contributed by atoms with Crippen LogP contribution in [0, 0.1) is 0 Å². The summed E-state index contributed by atoms with van der Waals surface area (Å²) in [7, 11) is 0. The molecule has 0 unspecified atom stereocenters. The molecule has 0 atom stereocenters. The van der Waals surface area contributed by atoms with E-state index in [0.29, 0.717) is 33.7 Å². The summed E-state index contributed by atoms with van der Waals surface area (Å²) in [5.74, 6) is 0.396. The first-order valence-corrected chi connectivity index (χ1v) is 8.38. The number of anilines is 2. The lowest BCUT2D eigenvalue weighted by Crippen LogP contribution is -2.13. The minimum Gasteiger partial charge on any atom is -0.366 e. The Kier molecular flexibility index (Phi) is 5.53. The smallest absolute Gasteiger partial charge is 0.257 e. The summed E-state index contributed by atoms with van der Waals surface area (Å²) in [6.45, 7) is 0.664. The van der Waals surface area contributed by atoms with Crippen molar-refractivity contribution in [2.45, 2.75) is 6.54 Å². The minimum absolute atomic E-state index is 0.300. The number of halogens is 2. The molecule has 1 heterocycles. The van der Waals surface area contributed by atoms with Crippen molar-refractivity contribution >= 4 is 40.6 Å². The predicted octanol–water partition coefficient (Wildman–Crippen LogP) is 5.25. The van der Waals surface area contributed by atoms with E-state index >= 15 is 0 Å². The van der Waals surface area contributed by atoms with E-state index in [2.05, 4.69) is 15.6 Å². The predicted molar refractivity (Wildman–Crippen MR) is 102 cm³/mol. The van der Waals surface area contributed by atoms with Gasteiger partial charge in [0, 0.05) is 17.8 Å². The largest absolute Gasteiger partial charge is 0.366 e. The molecule has 0 saturated heterocycles. The second kappa shape index (κ2) is 8.01. The van der Waals surface area contributed by atoms with Crippen LogP contribution in [0.4, 0.5) is 11.5 Å². The molecule has 2 N–H and O–H groups in total. The van der Waals surface area contributed by atoms with Crippen molar-refractivity contribution in [1.82, 2.24) is 4.98 Å². The lowest BCUT2D eigenvalue weighted by atomic mass is 10.2. The van der Waals surface area contributed by atoms with Crippen LogP contribution < -0.4 is 10.6 Å². The van der Waals surface area contributed by atoms with E-state index in [-0.39, 0.29) is 5.91 Å². The highest BCUT2D eigenvalue weighted by molar-refractivity contribution is 6.35. The van der Waals surface area contributed by atoms with Gasteiger partial charge in [-0.3, -0.25) is 4.79 Å². The lowest BCUT2D eigenvalue weighted by Gasteiger charge is -2.09. The molecule has 0 fully saturated rings. The van der Waals surface area contributed by atoms with E-state index in [9.17, 15) is 4.79 Å². The van der Waals surface area contributed by atoms with Crippen molar-refractivity contribution in [2.24, 2.45) is 0 Å². The third-order valence-electron chi connectivity index (χ3n) is 3.52. The Balaban J connectivity index is 1.63. The van der Waals surface area contributed by atoms with Gasteiger partial charge in [0.25, 0.3) is 5.91 Å². The fraction of sp³-hybridized carbons (Fsp3) is 0.0526. The molecule has 4 nitrogen and oxygen atoms in total. The average Bonchev–Trinajstić information content (AvgIpc) is 2.64. The van der Waals surface area contributed by atoms with Crippen LogP contribution in [0.2, 0.25) is 10.0 Å². The highest BCUT2D eigenvalue weighted by Gasteiger charge is 2.09. The van der Waals surface area contributed by atoms with E-state index in [4.69, 9.17) is 23.2 Å². The molecular weight excluding hydrogens is 357 g/mol. The van der Waals surface area contributed by atoms with E-state index < -0.39 is 0 Å². The van der Waals surface area contributed by atoms with Gasteiger partial charge in [0.05, 0.1) is 16.3 Å². The maximum absolute atomic E-state index is 12.3. The molecule has 1 amide bonds. The third kappa shape index (κ3) is 4.72. The van der Waals surface area contributed by atoms with Gasteiger partial charge in [-0.25, -0.2) is 4.98 Å². The number of carbonyl (C=O) groups is 1. The number of hydrogen-bond donors (Lipinski definition) is 2. The van der Waals surface area contributed by atoms with Crippen LogP contribution in [0.1, 0.15) is 15.9 Å². The average molecular weight is 372 g/mol. The maximum atomic E-state index is 12.3. The van der Waals surface area contributed by atoms with Gasteiger partial charge in [-0.15, -0.1) is 0 Å². The van der Waals surface area contributed by atoms with Crippen molar-refractivity contribution in [3.63, 3.8) is 0 Å². The SMILES string of the molecule is O=C(Nc1cc(Cl)ccc1Cl)c1ccc(NCc2ccccc2)nc1. The zero-order valence-electron chi connectivity index (χ0n) is 13.2. The summed E-state index contributed by atoms with van der Waals surface area (Å²) >= 11 is 12.0. The minimum atomic E-state index is -0.300. The van der Waals surface area contributed by atoms with Crippen molar-refractivity contribution in [3.8, 4) is 0 Å². The molecule has 0 aliphatic rings. The van der Waals surface area contributed by atoms with Gasteiger partial charge in [-0.2, -0.15) is 0 Å². The number of benzene rings is 2. The molecular formula is C19H15Cl2N3O. The standard InChI is InChI=1S/C19H15Cl2N3O/c20-15-7-8-16(21)17(10-15)24-19(25)14-6-9-18(23-12-14)22-11-13-4-2-1-3-5-13/h1-10,12H,11H2,(H,22,23)(H,24,25). The first-order chi connectivity index (χ1) is 12.1. The number of hydrogen-bond acceptors (Lipinski definition) is 3. The summed E-state index contributed by atoms with van der Waals surface area (Å²) < 4.78 is 0. The van der Waals surface area contributed by atoms with E-state index in [1.54, 1.807) is 30.3 Å². The number of pyridine rings is 1. The van der Waals surface area contributed by atoms with Gasteiger partial charge in [0.2, 0.25) is 0 Å². The lowest BCUT2D eigenvalue weighted by molar-refractivity contribution is 0.102. The van der Waals surface area contributed by atoms with Crippen LogP contribution in [-0.4, -0.2) is 10.9 Å². The summed E-state index contributed by atoms with van der Waals surface area (Å²) in [6, 6.07) is 18.4. The first-order valence-electron chi connectivity index (χ1n) is 7.62. The second-order valence-corrected chi connectivity index (χ2v) is 6.19. The Labute approximate surface area is 155 Å². The zero-order chi connectivity index (χ0) is 17.6. The summed E-state index contributed by atoms with van der Waals surface area (Å²) in [5, 5.41) is 6.86. The fourth-order valence-corrected chi connectivity index (χ4v) is 2.55.